The summed E-state index contributed by atoms with van der Waals surface area (Å²) >= 11 is 6.11. The Morgan fingerprint density at radius 1 is 1.19 bits per heavy atom. The molecule has 3 unspecified atom stereocenters. The number of para-hydroxylation sites is 1. The number of carbonyl (C=O) groups is 1. The highest BCUT2D eigenvalue weighted by atomic mass is 35.5. The summed E-state index contributed by atoms with van der Waals surface area (Å²) in [5.41, 5.74) is 0.957. The first-order chi connectivity index (χ1) is 12.6. The van der Waals surface area contributed by atoms with Gasteiger partial charge in [-0.2, -0.15) is 0 Å². The Balaban J connectivity index is 2.33. The lowest BCUT2D eigenvalue weighted by Crippen LogP contribution is -2.51. The van der Waals surface area contributed by atoms with Gasteiger partial charge in [-0.25, -0.2) is 4.79 Å². The van der Waals surface area contributed by atoms with Gasteiger partial charge in [0.15, 0.2) is 0 Å². The molecule has 26 heavy (non-hydrogen) atoms. The minimum Gasteiger partial charge on any atom is -0.477 e. The standard InChI is InChI=1S/C20H24ClNO4/c1-14(15-7-6-8-16(21)13-15)18(22-11-12-23)19(20(24)25-2)26-17-9-4-3-5-10-17/h3-10,13-14,18-19,22-23H,11-12H2,1-2H3. The van der Waals surface area contributed by atoms with E-state index in [2.05, 4.69) is 5.32 Å². The largest absolute Gasteiger partial charge is 0.477 e. The molecule has 6 heteroatoms. The zero-order valence-corrected chi connectivity index (χ0v) is 15.6. The lowest BCUT2D eigenvalue weighted by molar-refractivity contribution is -0.150. The van der Waals surface area contributed by atoms with Gasteiger partial charge < -0.3 is 19.9 Å². The fraction of sp³-hybridized carbons (Fsp3) is 0.350. The summed E-state index contributed by atoms with van der Waals surface area (Å²) in [7, 11) is 1.33. The van der Waals surface area contributed by atoms with Crippen LogP contribution in [0.25, 0.3) is 0 Å². The highest BCUT2D eigenvalue weighted by molar-refractivity contribution is 6.30. The van der Waals surface area contributed by atoms with Crippen LogP contribution in [0.5, 0.6) is 5.75 Å². The van der Waals surface area contributed by atoms with Crippen molar-refractivity contribution in [1.29, 1.82) is 0 Å². The van der Waals surface area contributed by atoms with E-state index in [0.29, 0.717) is 17.3 Å². The Morgan fingerprint density at radius 2 is 1.92 bits per heavy atom. The van der Waals surface area contributed by atoms with Crippen molar-refractivity contribution in [2.45, 2.75) is 25.0 Å². The van der Waals surface area contributed by atoms with Crippen molar-refractivity contribution in [3.8, 4) is 5.75 Å². The predicted molar refractivity (Wildman–Crippen MR) is 102 cm³/mol. The quantitative estimate of drug-likeness (QED) is 0.657. The SMILES string of the molecule is COC(=O)C(Oc1ccccc1)C(NCCO)C(C)c1cccc(Cl)c1. The monoisotopic (exact) mass is 377 g/mol. The van der Waals surface area contributed by atoms with E-state index >= 15 is 0 Å². The fourth-order valence-electron chi connectivity index (χ4n) is 2.80. The van der Waals surface area contributed by atoms with Gasteiger partial charge >= 0.3 is 5.97 Å². The maximum absolute atomic E-state index is 12.4. The summed E-state index contributed by atoms with van der Waals surface area (Å²) in [6.07, 6.45) is -0.886. The fourth-order valence-corrected chi connectivity index (χ4v) is 3.00. The van der Waals surface area contributed by atoms with Gasteiger partial charge in [-0.15, -0.1) is 0 Å². The molecule has 2 N–H and O–H groups in total. The van der Waals surface area contributed by atoms with Crippen LogP contribution in [-0.2, 0) is 9.53 Å². The number of ether oxygens (including phenoxy) is 2. The Kier molecular flexibility index (Phi) is 7.91. The predicted octanol–water partition coefficient (Wildman–Crippen LogP) is 3.01. The van der Waals surface area contributed by atoms with Gasteiger partial charge in [-0.3, -0.25) is 0 Å². The smallest absolute Gasteiger partial charge is 0.348 e. The molecule has 2 rings (SSSR count). The maximum atomic E-state index is 12.4. The first-order valence-corrected chi connectivity index (χ1v) is 8.84. The van der Waals surface area contributed by atoms with Crippen LogP contribution in [-0.4, -0.2) is 43.5 Å². The molecule has 5 nitrogen and oxygen atoms in total. The average Bonchev–Trinajstić information content (AvgIpc) is 2.67. The summed E-state index contributed by atoms with van der Waals surface area (Å²) in [5.74, 6) is -0.0387. The van der Waals surface area contributed by atoms with Crippen molar-refractivity contribution in [3.63, 3.8) is 0 Å². The highest BCUT2D eigenvalue weighted by Gasteiger charge is 2.35. The number of aliphatic hydroxyl groups is 1. The van der Waals surface area contributed by atoms with Crippen molar-refractivity contribution in [2.75, 3.05) is 20.3 Å². The maximum Gasteiger partial charge on any atom is 0.348 e. The normalized spacial score (nSPS) is 14.3. The number of hydrogen-bond donors (Lipinski definition) is 2. The summed E-state index contributed by atoms with van der Waals surface area (Å²) in [6.45, 7) is 2.24. The molecule has 0 amide bonds. The van der Waals surface area contributed by atoms with Crippen LogP contribution in [0.15, 0.2) is 54.6 Å². The second-order valence-corrected chi connectivity index (χ2v) is 6.36. The van der Waals surface area contributed by atoms with Crippen LogP contribution in [0, 0.1) is 0 Å². The minimum absolute atomic E-state index is 0.0575. The molecule has 3 atom stereocenters. The van der Waals surface area contributed by atoms with Crippen LogP contribution in [0.1, 0.15) is 18.4 Å². The highest BCUT2D eigenvalue weighted by Crippen LogP contribution is 2.26. The number of methoxy groups -OCH3 is 1. The Labute approximate surface area is 158 Å². The molecule has 0 radical (unpaired) electrons. The molecule has 0 heterocycles. The summed E-state index contributed by atoms with van der Waals surface area (Å²) in [4.78, 5) is 12.4. The van der Waals surface area contributed by atoms with Gasteiger partial charge in [0.05, 0.1) is 19.8 Å². The molecular weight excluding hydrogens is 354 g/mol. The number of nitrogens with one attached hydrogen (secondary N) is 1. The van der Waals surface area contributed by atoms with Crippen molar-refractivity contribution < 1.29 is 19.4 Å². The molecule has 140 valence electrons. The van der Waals surface area contributed by atoms with Crippen molar-refractivity contribution in [2.24, 2.45) is 0 Å². The van der Waals surface area contributed by atoms with E-state index in [4.69, 9.17) is 21.1 Å². The zero-order valence-electron chi connectivity index (χ0n) is 14.9. The van der Waals surface area contributed by atoms with Gasteiger partial charge in [0.1, 0.15) is 5.75 Å². The molecule has 0 bridgehead atoms. The topological polar surface area (TPSA) is 67.8 Å². The minimum atomic E-state index is -0.886. The van der Waals surface area contributed by atoms with E-state index in [0.717, 1.165) is 5.56 Å². The lowest BCUT2D eigenvalue weighted by Gasteiger charge is -2.31. The average molecular weight is 378 g/mol. The molecule has 0 aliphatic rings. The van der Waals surface area contributed by atoms with Gasteiger partial charge in [-0.05, 0) is 29.8 Å². The lowest BCUT2D eigenvalue weighted by atomic mass is 9.89. The first kappa shape index (κ1) is 20.2. The second kappa shape index (κ2) is 10.2. The molecule has 0 aliphatic heterocycles. The van der Waals surface area contributed by atoms with E-state index < -0.39 is 18.1 Å². The van der Waals surface area contributed by atoms with Crippen LogP contribution in [0.3, 0.4) is 0 Å². The van der Waals surface area contributed by atoms with Gasteiger partial charge in [0.25, 0.3) is 0 Å². The number of aliphatic hydroxyl groups excluding tert-OH is 1. The third kappa shape index (κ3) is 5.46. The summed E-state index contributed by atoms with van der Waals surface area (Å²) in [5, 5.41) is 13.1. The molecule has 0 aliphatic carbocycles. The van der Waals surface area contributed by atoms with E-state index in [9.17, 15) is 9.90 Å². The van der Waals surface area contributed by atoms with Crippen molar-refractivity contribution in [3.05, 3.63) is 65.2 Å². The number of halogens is 1. The van der Waals surface area contributed by atoms with Crippen molar-refractivity contribution >= 4 is 17.6 Å². The Hall–Kier alpha value is -2.08. The van der Waals surface area contributed by atoms with E-state index in [1.165, 1.54) is 7.11 Å². The zero-order chi connectivity index (χ0) is 18.9. The van der Waals surface area contributed by atoms with Crippen LogP contribution in [0.4, 0.5) is 0 Å². The van der Waals surface area contributed by atoms with Crippen molar-refractivity contribution in [1.82, 2.24) is 5.32 Å². The number of esters is 1. The number of hydrogen-bond acceptors (Lipinski definition) is 5. The molecular formula is C20H24ClNO4. The van der Waals surface area contributed by atoms with Crippen LogP contribution in [0.2, 0.25) is 5.02 Å². The molecule has 2 aromatic rings. The van der Waals surface area contributed by atoms with E-state index in [1.54, 1.807) is 18.2 Å². The Morgan fingerprint density at radius 3 is 2.54 bits per heavy atom. The number of rotatable bonds is 9. The molecule has 0 aromatic heterocycles. The second-order valence-electron chi connectivity index (χ2n) is 5.92. The Bertz CT molecular complexity index is 695. The molecule has 0 spiro atoms. The van der Waals surface area contributed by atoms with E-state index in [-0.39, 0.29) is 12.5 Å². The molecule has 0 saturated carbocycles. The van der Waals surface area contributed by atoms with Crippen LogP contribution < -0.4 is 10.1 Å². The summed E-state index contributed by atoms with van der Waals surface area (Å²) < 4.78 is 10.9. The van der Waals surface area contributed by atoms with Gasteiger partial charge in [-0.1, -0.05) is 48.9 Å². The molecule has 0 saturated heterocycles. The van der Waals surface area contributed by atoms with Gasteiger partial charge in [0, 0.05) is 17.5 Å². The summed E-state index contributed by atoms with van der Waals surface area (Å²) in [6, 6.07) is 16.1. The third-order valence-corrected chi connectivity index (χ3v) is 4.41. The molecule has 0 fully saturated rings. The van der Waals surface area contributed by atoms with Gasteiger partial charge in [0.2, 0.25) is 6.10 Å². The first-order valence-electron chi connectivity index (χ1n) is 8.46. The third-order valence-electron chi connectivity index (χ3n) is 4.17. The number of benzene rings is 2. The van der Waals surface area contributed by atoms with E-state index in [1.807, 2.05) is 43.3 Å². The number of carbonyl (C=O) groups excluding carboxylic acids is 1. The van der Waals surface area contributed by atoms with Crippen LogP contribution >= 0.6 is 11.6 Å². The molecule has 2 aromatic carbocycles.